The minimum atomic E-state index is 0.00204. The number of H-pyrrole nitrogens is 1. The van der Waals surface area contributed by atoms with Crippen LogP contribution in [0.4, 0.5) is 0 Å². The Balaban J connectivity index is 1.92. The number of aromatic amines is 1. The van der Waals surface area contributed by atoms with Gasteiger partial charge >= 0.3 is 0 Å². The predicted octanol–water partition coefficient (Wildman–Crippen LogP) is 2.33. The average Bonchev–Trinajstić information content (AvgIpc) is 2.93. The fraction of sp³-hybridized carbons (Fsp3) is 0.429. The van der Waals surface area contributed by atoms with Gasteiger partial charge < -0.3 is 0 Å². The lowest BCUT2D eigenvalue weighted by Crippen LogP contribution is -2.16. The minimum absolute atomic E-state index is 0.00204. The third-order valence-corrected chi connectivity index (χ3v) is 3.96. The molecule has 2 aromatic rings. The van der Waals surface area contributed by atoms with E-state index in [1.165, 1.54) is 18.4 Å². The van der Waals surface area contributed by atoms with Crippen LogP contribution < -0.4 is 5.56 Å². The number of nitrogens with one attached hydrogen (secondary N) is 1. The normalized spacial score (nSPS) is 23.0. The number of fused-ring (bicyclic) bond motifs is 1. The van der Waals surface area contributed by atoms with Crippen molar-refractivity contribution in [2.45, 2.75) is 37.5 Å². The summed E-state index contributed by atoms with van der Waals surface area (Å²) < 4.78 is 1.57. The highest BCUT2D eigenvalue weighted by Gasteiger charge is 2.28. The molecule has 92 valence electrons. The van der Waals surface area contributed by atoms with Crippen molar-refractivity contribution in [3.63, 3.8) is 0 Å². The molecule has 0 bridgehead atoms. The van der Waals surface area contributed by atoms with Crippen molar-refractivity contribution >= 4 is 5.65 Å². The Bertz CT molecular complexity index is 691. The van der Waals surface area contributed by atoms with E-state index in [4.69, 9.17) is 4.98 Å². The molecule has 1 unspecified atom stereocenters. The largest absolute Gasteiger partial charge is 0.297 e. The number of allylic oxidation sites excluding steroid dienone is 2. The maximum Gasteiger partial charge on any atom is 0.272 e. The summed E-state index contributed by atoms with van der Waals surface area (Å²) in [6, 6.07) is 1.67. The van der Waals surface area contributed by atoms with Crippen LogP contribution in [0.5, 0.6) is 0 Å². The van der Waals surface area contributed by atoms with Gasteiger partial charge in [-0.1, -0.05) is 12.2 Å². The van der Waals surface area contributed by atoms with Gasteiger partial charge in [0.1, 0.15) is 0 Å². The highest BCUT2D eigenvalue weighted by atomic mass is 16.1. The zero-order chi connectivity index (χ0) is 12.1. The maximum absolute atomic E-state index is 12.1. The summed E-state index contributed by atoms with van der Waals surface area (Å²) in [5, 5.41) is 3.02. The van der Waals surface area contributed by atoms with Gasteiger partial charge in [0.05, 0.1) is 5.69 Å². The third kappa shape index (κ3) is 1.45. The molecule has 4 rings (SSSR count). The molecule has 2 aliphatic rings. The van der Waals surface area contributed by atoms with Crippen LogP contribution in [0.2, 0.25) is 0 Å². The molecule has 18 heavy (non-hydrogen) atoms. The number of aromatic nitrogens is 3. The van der Waals surface area contributed by atoms with Gasteiger partial charge in [0.2, 0.25) is 0 Å². The Morgan fingerprint density at radius 3 is 2.94 bits per heavy atom. The van der Waals surface area contributed by atoms with E-state index in [0.717, 1.165) is 24.2 Å². The molecule has 0 spiro atoms. The lowest BCUT2D eigenvalue weighted by Gasteiger charge is -2.07. The summed E-state index contributed by atoms with van der Waals surface area (Å²) in [5.74, 6) is 0.928. The Hall–Kier alpha value is -1.84. The van der Waals surface area contributed by atoms with Crippen molar-refractivity contribution in [1.82, 2.24) is 14.6 Å². The molecule has 0 saturated heterocycles. The topological polar surface area (TPSA) is 50.2 Å². The molecule has 4 nitrogen and oxygen atoms in total. The predicted molar refractivity (Wildman–Crippen MR) is 68.9 cm³/mol. The fourth-order valence-corrected chi connectivity index (χ4v) is 2.78. The number of hydrogen-bond acceptors (Lipinski definition) is 2. The second kappa shape index (κ2) is 3.57. The first-order chi connectivity index (χ1) is 8.83. The summed E-state index contributed by atoms with van der Waals surface area (Å²) in [6.45, 7) is 0. The smallest absolute Gasteiger partial charge is 0.272 e. The first-order valence-electron chi connectivity index (χ1n) is 6.60. The number of nitrogens with zero attached hydrogens (tertiary/aromatic N) is 2. The molecular formula is C14H15N3O. The van der Waals surface area contributed by atoms with Crippen molar-refractivity contribution in [1.29, 1.82) is 0 Å². The van der Waals surface area contributed by atoms with Crippen molar-refractivity contribution in [2.24, 2.45) is 0 Å². The Kier molecular flexibility index (Phi) is 2.01. The van der Waals surface area contributed by atoms with E-state index in [9.17, 15) is 4.79 Å². The molecule has 0 radical (unpaired) electrons. The zero-order valence-electron chi connectivity index (χ0n) is 10.1. The van der Waals surface area contributed by atoms with Crippen LogP contribution in [0.15, 0.2) is 29.2 Å². The minimum Gasteiger partial charge on any atom is -0.297 e. The van der Waals surface area contributed by atoms with Crippen molar-refractivity contribution < 1.29 is 0 Å². The molecule has 1 saturated carbocycles. The highest BCUT2D eigenvalue weighted by molar-refractivity contribution is 5.50. The molecule has 1 atom stereocenters. The zero-order valence-corrected chi connectivity index (χ0v) is 10.1. The number of rotatable bonds is 2. The Morgan fingerprint density at radius 1 is 1.33 bits per heavy atom. The molecule has 0 aliphatic heterocycles. The van der Waals surface area contributed by atoms with Gasteiger partial charge in [0.15, 0.2) is 5.65 Å². The first kappa shape index (κ1) is 10.1. The van der Waals surface area contributed by atoms with Crippen LogP contribution in [0, 0.1) is 0 Å². The lowest BCUT2D eigenvalue weighted by molar-refractivity contribution is 0.760. The van der Waals surface area contributed by atoms with Crippen LogP contribution in [0.1, 0.15) is 48.8 Å². The quantitative estimate of drug-likeness (QED) is 0.820. The lowest BCUT2D eigenvalue weighted by atomic mass is 10.1. The van der Waals surface area contributed by atoms with E-state index in [0.29, 0.717) is 11.8 Å². The summed E-state index contributed by atoms with van der Waals surface area (Å²) in [7, 11) is 0. The van der Waals surface area contributed by atoms with Crippen molar-refractivity contribution in [3.8, 4) is 0 Å². The molecule has 1 fully saturated rings. The monoisotopic (exact) mass is 241 g/mol. The molecular weight excluding hydrogens is 226 g/mol. The summed E-state index contributed by atoms with van der Waals surface area (Å²) in [6.07, 6.45) is 10.9. The Morgan fingerprint density at radius 2 is 2.22 bits per heavy atom. The van der Waals surface area contributed by atoms with E-state index in [1.807, 2.05) is 6.20 Å². The van der Waals surface area contributed by atoms with E-state index in [1.54, 1.807) is 10.6 Å². The van der Waals surface area contributed by atoms with Gasteiger partial charge in [-0.25, -0.2) is 9.50 Å². The molecule has 2 aromatic heterocycles. The van der Waals surface area contributed by atoms with Gasteiger partial charge in [-0.05, 0) is 31.6 Å². The summed E-state index contributed by atoms with van der Waals surface area (Å²) >= 11 is 0. The van der Waals surface area contributed by atoms with Crippen molar-refractivity contribution in [3.05, 3.63) is 46.0 Å². The average molecular weight is 241 g/mol. The van der Waals surface area contributed by atoms with Gasteiger partial charge in [-0.15, -0.1) is 0 Å². The summed E-state index contributed by atoms with van der Waals surface area (Å²) in [4.78, 5) is 16.8. The van der Waals surface area contributed by atoms with Crippen LogP contribution >= 0.6 is 0 Å². The second-order valence-electron chi connectivity index (χ2n) is 5.29. The van der Waals surface area contributed by atoms with Crippen LogP contribution in [0.25, 0.3) is 5.65 Å². The molecule has 0 aromatic carbocycles. The van der Waals surface area contributed by atoms with Crippen LogP contribution in [0.3, 0.4) is 0 Å². The Labute approximate surface area is 104 Å². The van der Waals surface area contributed by atoms with Gasteiger partial charge in [0, 0.05) is 23.7 Å². The van der Waals surface area contributed by atoms with Crippen molar-refractivity contribution in [2.75, 3.05) is 0 Å². The number of hydrogen-bond donors (Lipinski definition) is 1. The maximum atomic E-state index is 12.1. The van der Waals surface area contributed by atoms with Gasteiger partial charge in [-0.2, -0.15) is 0 Å². The second-order valence-corrected chi connectivity index (χ2v) is 5.29. The van der Waals surface area contributed by atoms with E-state index in [2.05, 4.69) is 17.3 Å². The van der Waals surface area contributed by atoms with E-state index in [-0.39, 0.29) is 5.56 Å². The first-order valence-corrected chi connectivity index (χ1v) is 6.60. The third-order valence-electron chi connectivity index (χ3n) is 3.96. The molecule has 0 amide bonds. The van der Waals surface area contributed by atoms with Gasteiger partial charge in [0.25, 0.3) is 5.56 Å². The van der Waals surface area contributed by atoms with Crippen LogP contribution in [-0.2, 0) is 0 Å². The molecule has 4 heteroatoms. The summed E-state index contributed by atoms with van der Waals surface area (Å²) in [5.41, 5.74) is 2.97. The fourth-order valence-electron chi connectivity index (χ4n) is 2.78. The molecule has 1 N–H and O–H groups in total. The highest BCUT2D eigenvalue weighted by Crippen LogP contribution is 2.41. The standard InChI is InChI=1S/C14H15N3O/c18-13-7-12(10-3-1-2-4-10)16-14-11(9-5-6-9)8-15-17(13)14/h1,3,7-10,15H,2,4-6H2. The van der Waals surface area contributed by atoms with E-state index >= 15 is 0 Å². The molecule has 2 aliphatic carbocycles. The molecule has 2 heterocycles. The van der Waals surface area contributed by atoms with E-state index < -0.39 is 0 Å². The van der Waals surface area contributed by atoms with Gasteiger partial charge in [-0.3, -0.25) is 9.89 Å². The SMILES string of the molecule is O=c1cc(C2C=CCC2)nc2c(C3CC3)c[nH]n12. The van der Waals surface area contributed by atoms with Crippen LogP contribution in [-0.4, -0.2) is 14.6 Å².